The zero-order chi connectivity index (χ0) is 13.1. The molecule has 1 fully saturated rings. The van der Waals surface area contributed by atoms with Crippen LogP contribution in [0.15, 0.2) is 21.3 Å². The van der Waals surface area contributed by atoms with Crippen molar-refractivity contribution in [2.45, 2.75) is 18.9 Å². The van der Waals surface area contributed by atoms with Crippen LogP contribution in [0.4, 0.5) is 0 Å². The number of aliphatic carboxylic acids is 1. The minimum atomic E-state index is -0.924. The number of carbonyl (C=O) groups is 2. The van der Waals surface area contributed by atoms with Gasteiger partial charge in [0.15, 0.2) is 0 Å². The summed E-state index contributed by atoms with van der Waals surface area (Å²) >= 11 is 4.89. The van der Waals surface area contributed by atoms with Gasteiger partial charge in [-0.3, -0.25) is 4.79 Å². The van der Waals surface area contributed by atoms with Crippen LogP contribution in [-0.2, 0) is 9.59 Å². The molecule has 6 heteroatoms. The predicted molar refractivity (Wildman–Crippen MR) is 73.4 cm³/mol. The van der Waals surface area contributed by atoms with Gasteiger partial charge in [0.25, 0.3) is 0 Å². The van der Waals surface area contributed by atoms with Gasteiger partial charge in [-0.25, -0.2) is 4.79 Å². The number of halogens is 1. The van der Waals surface area contributed by atoms with Gasteiger partial charge in [-0.1, -0.05) is 0 Å². The fourth-order valence-electron chi connectivity index (χ4n) is 1.96. The molecule has 0 aromatic carbocycles. The summed E-state index contributed by atoms with van der Waals surface area (Å²) in [6.45, 7) is 0.521. The minimum Gasteiger partial charge on any atom is -0.480 e. The average Bonchev–Trinajstić information content (AvgIpc) is 2.94. The van der Waals surface area contributed by atoms with Gasteiger partial charge >= 0.3 is 5.97 Å². The summed E-state index contributed by atoms with van der Waals surface area (Å²) in [5.41, 5.74) is 0.936. The van der Waals surface area contributed by atoms with Crippen molar-refractivity contribution in [2.24, 2.45) is 0 Å². The van der Waals surface area contributed by atoms with Crippen LogP contribution in [-0.4, -0.2) is 34.5 Å². The number of thiophene rings is 1. The number of amides is 1. The fourth-order valence-corrected chi connectivity index (χ4v) is 3.11. The summed E-state index contributed by atoms with van der Waals surface area (Å²) in [7, 11) is 0. The number of rotatable bonds is 3. The molecule has 0 saturated carbocycles. The number of nitrogens with zero attached hydrogens (tertiary/aromatic N) is 1. The van der Waals surface area contributed by atoms with E-state index in [1.165, 1.54) is 11.0 Å². The monoisotopic (exact) mass is 329 g/mol. The van der Waals surface area contributed by atoms with Gasteiger partial charge in [-0.05, 0) is 51.9 Å². The summed E-state index contributed by atoms with van der Waals surface area (Å²) in [6, 6.07) is 1.24. The maximum Gasteiger partial charge on any atom is 0.326 e. The van der Waals surface area contributed by atoms with E-state index in [0.29, 0.717) is 13.0 Å². The van der Waals surface area contributed by atoms with E-state index in [-0.39, 0.29) is 5.91 Å². The molecule has 1 aliphatic heterocycles. The molecule has 2 rings (SSSR count). The molecule has 1 saturated heterocycles. The SMILES string of the molecule is O=C(O)[C@H]1CCCN1C(=O)/C=C/c1csc(Br)c1. The van der Waals surface area contributed by atoms with Crippen molar-refractivity contribution >= 4 is 45.2 Å². The molecule has 1 atom stereocenters. The van der Waals surface area contributed by atoms with Crippen LogP contribution in [0.3, 0.4) is 0 Å². The number of carboxylic acid groups (broad SMARTS) is 1. The van der Waals surface area contributed by atoms with Crippen LogP contribution in [0.5, 0.6) is 0 Å². The first-order valence-corrected chi connectivity index (χ1v) is 7.20. The third-order valence-electron chi connectivity index (χ3n) is 2.83. The smallest absolute Gasteiger partial charge is 0.326 e. The Morgan fingerprint density at radius 1 is 1.56 bits per heavy atom. The molecular weight excluding hydrogens is 318 g/mol. The number of likely N-dealkylation sites (tertiary alicyclic amines) is 1. The largest absolute Gasteiger partial charge is 0.480 e. The van der Waals surface area contributed by atoms with E-state index in [1.54, 1.807) is 17.4 Å². The summed E-state index contributed by atoms with van der Waals surface area (Å²) in [5, 5.41) is 10.9. The van der Waals surface area contributed by atoms with Crippen molar-refractivity contribution in [3.63, 3.8) is 0 Å². The molecule has 0 bridgehead atoms. The van der Waals surface area contributed by atoms with Crippen molar-refractivity contribution in [2.75, 3.05) is 6.54 Å². The molecule has 96 valence electrons. The Balaban J connectivity index is 2.03. The summed E-state index contributed by atoms with van der Waals surface area (Å²) < 4.78 is 0.999. The van der Waals surface area contributed by atoms with Crippen LogP contribution >= 0.6 is 27.3 Å². The Bertz CT molecular complexity index is 497. The van der Waals surface area contributed by atoms with Crippen molar-refractivity contribution in [1.82, 2.24) is 4.90 Å². The highest BCUT2D eigenvalue weighted by Crippen LogP contribution is 2.22. The standard InChI is InChI=1S/C12H12BrNO3S/c13-10-6-8(7-18-10)3-4-11(15)14-5-1-2-9(14)12(16)17/h3-4,6-7,9H,1-2,5H2,(H,16,17)/b4-3+/t9-/m1/s1. The van der Waals surface area contributed by atoms with Gasteiger partial charge in [0.1, 0.15) is 6.04 Å². The van der Waals surface area contributed by atoms with Crippen LogP contribution < -0.4 is 0 Å². The molecule has 0 spiro atoms. The highest BCUT2D eigenvalue weighted by atomic mass is 79.9. The summed E-state index contributed by atoms with van der Waals surface area (Å²) in [6.07, 6.45) is 4.44. The van der Waals surface area contributed by atoms with E-state index in [9.17, 15) is 9.59 Å². The zero-order valence-corrected chi connectivity index (χ0v) is 11.9. The number of carbonyl (C=O) groups excluding carboxylic acids is 1. The third kappa shape index (κ3) is 3.00. The van der Waals surface area contributed by atoms with Gasteiger partial charge < -0.3 is 10.0 Å². The van der Waals surface area contributed by atoms with E-state index in [1.807, 2.05) is 11.4 Å². The molecule has 18 heavy (non-hydrogen) atoms. The molecule has 0 radical (unpaired) electrons. The van der Waals surface area contributed by atoms with Gasteiger partial charge in [-0.2, -0.15) is 0 Å². The van der Waals surface area contributed by atoms with E-state index < -0.39 is 12.0 Å². The molecule has 2 heterocycles. The van der Waals surface area contributed by atoms with Gasteiger partial charge in [0.05, 0.1) is 3.79 Å². The number of carboxylic acids is 1. The highest BCUT2D eigenvalue weighted by Gasteiger charge is 2.32. The lowest BCUT2D eigenvalue weighted by Crippen LogP contribution is -2.39. The molecule has 1 N–H and O–H groups in total. The van der Waals surface area contributed by atoms with E-state index in [4.69, 9.17) is 5.11 Å². The lowest BCUT2D eigenvalue weighted by atomic mass is 10.2. The fraction of sp³-hybridized carbons (Fsp3) is 0.333. The second-order valence-electron chi connectivity index (χ2n) is 4.05. The van der Waals surface area contributed by atoms with Gasteiger partial charge in [0, 0.05) is 12.6 Å². The Morgan fingerprint density at radius 2 is 2.33 bits per heavy atom. The Hall–Kier alpha value is -1.14. The van der Waals surface area contributed by atoms with Gasteiger partial charge in [-0.15, -0.1) is 11.3 Å². The highest BCUT2D eigenvalue weighted by molar-refractivity contribution is 9.11. The second kappa shape index (κ2) is 5.67. The molecule has 1 aromatic heterocycles. The van der Waals surface area contributed by atoms with E-state index >= 15 is 0 Å². The zero-order valence-electron chi connectivity index (χ0n) is 9.51. The molecule has 0 unspecified atom stereocenters. The molecule has 1 amide bonds. The van der Waals surface area contributed by atoms with Crippen molar-refractivity contribution < 1.29 is 14.7 Å². The predicted octanol–water partition coefficient (Wildman–Crippen LogP) is 2.60. The molecule has 1 aliphatic rings. The Morgan fingerprint density at radius 3 is 2.94 bits per heavy atom. The Labute approximate surface area is 117 Å². The molecule has 1 aromatic rings. The normalized spacial score (nSPS) is 19.6. The van der Waals surface area contributed by atoms with Crippen LogP contribution in [0.25, 0.3) is 6.08 Å². The minimum absolute atomic E-state index is 0.234. The van der Waals surface area contributed by atoms with Crippen molar-refractivity contribution in [3.05, 3.63) is 26.9 Å². The number of hydrogen-bond donors (Lipinski definition) is 1. The van der Waals surface area contributed by atoms with E-state index in [2.05, 4.69) is 15.9 Å². The average molecular weight is 330 g/mol. The van der Waals surface area contributed by atoms with Crippen LogP contribution in [0.1, 0.15) is 18.4 Å². The lowest BCUT2D eigenvalue weighted by molar-refractivity contribution is -0.146. The number of hydrogen-bond acceptors (Lipinski definition) is 3. The van der Waals surface area contributed by atoms with Gasteiger partial charge in [0.2, 0.25) is 5.91 Å². The third-order valence-corrected chi connectivity index (χ3v) is 4.35. The van der Waals surface area contributed by atoms with Crippen molar-refractivity contribution in [3.8, 4) is 0 Å². The van der Waals surface area contributed by atoms with Crippen LogP contribution in [0.2, 0.25) is 0 Å². The summed E-state index contributed by atoms with van der Waals surface area (Å²) in [4.78, 5) is 24.3. The lowest BCUT2D eigenvalue weighted by Gasteiger charge is -2.19. The first-order valence-electron chi connectivity index (χ1n) is 5.53. The molecule has 4 nitrogen and oxygen atoms in total. The quantitative estimate of drug-likeness (QED) is 0.867. The maximum absolute atomic E-state index is 11.9. The Kier molecular flexibility index (Phi) is 4.19. The molecule has 0 aliphatic carbocycles. The van der Waals surface area contributed by atoms with Crippen molar-refractivity contribution in [1.29, 1.82) is 0 Å². The first-order chi connectivity index (χ1) is 8.58. The maximum atomic E-state index is 11.9. The molecular formula is C12H12BrNO3S. The van der Waals surface area contributed by atoms with Crippen LogP contribution in [0, 0.1) is 0 Å². The van der Waals surface area contributed by atoms with E-state index in [0.717, 1.165) is 15.8 Å². The second-order valence-corrected chi connectivity index (χ2v) is 6.34. The topological polar surface area (TPSA) is 57.6 Å². The first kappa shape index (κ1) is 13.3. The summed E-state index contributed by atoms with van der Waals surface area (Å²) in [5.74, 6) is -1.16.